The van der Waals surface area contributed by atoms with E-state index < -0.39 is 42.2 Å². The van der Waals surface area contributed by atoms with Crippen molar-refractivity contribution >= 4 is 50.9 Å². The van der Waals surface area contributed by atoms with E-state index >= 15 is 0 Å². The molecule has 0 aliphatic carbocycles. The van der Waals surface area contributed by atoms with Crippen molar-refractivity contribution in [3.63, 3.8) is 0 Å². The zero-order chi connectivity index (χ0) is 20.4. The third kappa shape index (κ3) is 4.89. The predicted octanol–water partition coefficient (Wildman–Crippen LogP) is 3.41. The normalized spacial score (nSPS) is 12.5. The molecule has 0 bridgehead atoms. The molecule has 2 aromatic rings. The van der Waals surface area contributed by atoms with Crippen molar-refractivity contribution in [2.24, 2.45) is 0 Å². The Bertz CT molecular complexity index is 896. The molecule has 1 heterocycles. The molecule has 0 saturated carbocycles. The van der Waals surface area contributed by atoms with Crippen LogP contribution in [0.15, 0.2) is 18.2 Å². The molecule has 1 aromatic carbocycles. The van der Waals surface area contributed by atoms with Gasteiger partial charge in [0.2, 0.25) is 0 Å². The Morgan fingerprint density at radius 1 is 1.30 bits per heavy atom. The maximum Gasteiger partial charge on any atom is 0.416 e. The third-order valence-electron chi connectivity index (χ3n) is 3.43. The van der Waals surface area contributed by atoms with Gasteiger partial charge in [-0.05, 0) is 19.1 Å². The smallest absolute Gasteiger partial charge is 0.416 e. The lowest BCUT2D eigenvalue weighted by Gasteiger charge is -2.12. The maximum absolute atomic E-state index is 12.8. The van der Waals surface area contributed by atoms with Gasteiger partial charge in [0.05, 0.1) is 17.7 Å². The molecule has 6 nitrogen and oxygen atoms in total. The van der Waals surface area contributed by atoms with Gasteiger partial charge < -0.3 is 14.8 Å². The summed E-state index contributed by atoms with van der Waals surface area (Å²) in [6.45, 7) is 0.870. The highest BCUT2D eigenvalue weighted by molar-refractivity contribution is 7.21. The van der Waals surface area contributed by atoms with Crippen LogP contribution in [0.2, 0.25) is 5.02 Å². The minimum Gasteiger partial charge on any atom is -0.468 e. The van der Waals surface area contributed by atoms with Crippen LogP contribution in [0.25, 0.3) is 10.1 Å². The van der Waals surface area contributed by atoms with Crippen LogP contribution in [0.3, 0.4) is 0 Å². The van der Waals surface area contributed by atoms with Crippen molar-refractivity contribution in [3.05, 3.63) is 33.7 Å². The number of methoxy groups -OCH3 is 1. The molecule has 146 valence electrons. The van der Waals surface area contributed by atoms with Crippen molar-refractivity contribution in [2.45, 2.75) is 19.2 Å². The number of carbonyl (C=O) groups excluding carboxylic acids is 3. The van der Waals surface area contributed by atoms with Gasteiger partial charge in [-0.15, -0.1) is 11.3 Å². The molecule has 1 aromatic heterocycles. The number of hydrogen-bond acceptors (Lipinski definition) is 6. The monoisotopic (exact) mass is 423 g/mol. The van der Waals surface area contributed by atoms with Gasteiger partial charge in [0.25, 0.3) is 5.91 Å². The molecule has 0 fully saturated rings. The number of rotatable bonds is 5. The van der Waals surface area contributed by atoms with Crippen LogP contribution in [0, 0.1) is 0 Å². The fraction of sp³-hybridized carbons (Fsp3) is 0.312. The zero-order valence-electron chi connectivity index (χ0n) is 14.0. The second kappa shape index (κ2) is 8.13. The van der Waals surface area contributed by atoms with Crippen LogP contribution in [-0.2, 0) is 25.2 Å². The van der Waals surface area contributed by atoms with Gasteiger partial charge in [0.15, 0.2) is 6.10 Å². The number of hydrogen-bond donors (Lipinski definition) is 1. The number of alkyl halides is 3. The van der Waals surface area contributed by atoms with E-state index in [9.17, 15) is 27.6 Å². The molecule has 0 unspecified atom stereocenters. The summed E-state index contributed by atoms with van der Waals surface area (Å²) in [5.41, 5.74) is -0.872. The highest BCUT2D eigenvalue weighted by atomic mass is 35.5. The molecule has 0 saturated heterocycles. The van der Waals surface area contributed by atoms with Crippen molar-refractivity contribution in [1.82, 2.24) is 5.32 Å². The average molecular weight is 424 g/mol. The first-order valence-electron chi connectivity index (χ1n) is 7.39. The second-order valence-electron chi connectivity index (χ2n) is 5.30. The molecule has 1 atom stereocenters. The number of carbonyl (C=O) groups is 3. The lowest BCUT2D eigenvalue weighted by molar-refractivity contribution is -0.142. The summed E-state index contributed by atoms with van der Waals surface area (Å²) < 4.78 is 47.9. The summed E-state index contributed by atoms with van der Waals surface area (Å²) in [6.07, 6.45) is -5.79. The van der Waals surface area contributed by atoms with Crippen molar-refractivity contribution in [3.8, 4) is 0 Å². The van der Waals surface area contributed by atoms with Crippen LogP contribution >= 0.6 is 22.9 Å². The quantitative estimate of drug-likeness (QED) is 0.745. The standard InChI is InChI=1S/C16H13ClF3NO5S/c1-7(14(23)21-6-11(22)25-2)26-15(24)13-12(17)9-4-3-8(16(18,19)20)5-10(9)27-13/h3-5,7H,6H2,1-2H3,(H,21,23)/t7-/m0/s1. The van der Waals surface area contributed by atoms with Gasteiger partial charge >= 0.3 is 18.1 Å². The van der Waals surface area contributed by atoms with Gasteiger partial charge in [0, 0.05) is 10.1 Å². The van der Waals surface area contributed by atoms with Crippen LogP contribution in [0.5, 0.6) is 0 Å². The summed E-state index contributed by atoms with van der Waals surface area (Å²) in [5, 5.41) is 2.42. The lowest BCUT2D eigenvalue weighted by atomic mass is 10.1. The number of amides is 1. The van der Waals surface area contributed by atoms with Crippen LogP contribution in [0.4, 0.5) is 13.2 Å². The van der Waals surface area contributed by atoms with E-state index in [1.807, 2.05) is 0 Å². The van der Waals surface area contributed by atoms with Crippen molar-refractivity contribution in [2.75, 3.05) is 13.7 Å². The average Bonchev–Trinajstić information content (AvgIpc) is 2.94. The Balaban J connectivity index is 2.16. The highest BCUT2D eigenvalue weighted by Gasteiger charge is 2.31. The maximum atomic E-state index is 12.8. The van der Waals surface area contributed by atoms with Crippen molar-refractivity contribution in [1.29, 1.82) is 0 Å². The summed E-state index contributed by atoms with van der Waals surface area (Å²) >= 11 is 6.80. The SMILES string of the molecule is COC(=O)CNC(=O)[C@H](C)OC(=O)c1sc2cc(C(F)(F)F)ccc2c1Cl. The fourth-order valence-electron chi connectivity index (χ4n) is 2.02. The molecule has 1 amide bonds. The van der Waals surface area contributed by atoms with Crippen molar-refractivity contribution < 1.29 is 37.0 Å². The molecule has 2 rings (SSSR count). The van der Waals surface area contributed by atoms with Gasteiger partial charge in [-0.2, -0.15) is 13.2 Å². The summed E-state index contributed by atoms with van der Waals surface area (Å²) in [7, 11) is 1.14. The molecule has 0 aliphatic heterocycles. The zero-order valence-corrected chi connectivity index (χ0v) is 15.6. The molecular formula is C16H13ClF3NO5S. The highest BCUT2D eigenvalue weighted by Crippen LogP contribution is 2.39. The fourth-order valence-corrected chi connectivity index (χ4v) is 3.45. The van der Waals surface area contributed by atoms with Crippen LogP contribution in [0.1, 0.15) is 22.2 Å². The molecule has 0 radical (unpaired) electrons. The molecule has 11 heteroatoms. The first kappa shape index (κ1) is 21.0. The number of nitrogens with one attached hydrogen (secondary N) is 1. The first-order valence-corrected chi connectivity index (χ1v) is 8.58. The lowest BCUT2D eigenvalue weighted by Crippen LogP contribution is -2.38. The van der Waals surface area contributed by atoms with Gasteiger partial charge in [-0.1, -0.05) is 17.7 Å². The largest absolute Gasteiger partial charge is 0.468 e. The second-order valence-corrected chi connectivity index (χ2v) is 6.73. The van der Waals surface area contributed by atoms with E-state index in [0.717, 1.165) is 30.6 Å². The topological polar surface area (TPSA) is 81.7 Å². The summed E-state index contributed by atoms with van der Waals surface area (Å²) in [6, 6.07) is 2.91. The predicted molar refractivity (Wildman–Crippen MR) is 91.7 cm³/mol. The Morgan fingerprint density at radius 2 is 1.96 bits per heavy atom. The van der Waals surface area contributed by atoms with Gasteiger partial charge in [-0.3, -0.25) is 9.59 Å². The van der Waals surface area contributed by atoms with Crippen LogP contribution in [-0.4, -0.2) is 37.6 Å². The number of thiophene rings is 1. The van der Waals surface area contributed by atoms with E-state index in [0.29, 0.717) is 0 Å². The minimum atomic E-state index is -4.53. The van der Waals surface area contributed by atoms with E-state index in [2.05, 4.69) is 10.1 Å². The number of ether oxygens (including phenoxy) is 2. The summed E-state index contributed by atoms with van der Waals surface area (Å²) in [4.78, 5) is 34.9. The van der Waals surface area contributed by atoms with E-state index in [4.69, 9.17) is 16.3 Å². The number of benzene rings is 1. The third-order valence-corrected chi connectivity index (χ3v) is 5.07. The van der Waals surface area contributed by atoms with Gasteiger partial charge in [0.1, 0.15) is 11.4 Å². The Morgan fingerprint density at radius 3 is 2.56 bits per heavy atom. The Labute approximate surface area is 160 Å². The molecule has 0 spiro atoms. The van der Waals surface area contributed by atoms with E-state index in [1.165, 1.54) is 13.0 Å². The number of halogens is 4. The molecule has 27 heavy (non-hydrogen) atoms. The van der Waals surface area contributed by atoms with Crippen LogP contribution < -0.4 is 5.32 Å². The molecule has 0 aliphatic rings. The van der Waals surface area contributed by atoms with E-state index in [-0.39, 0.29) is 20.0 Å². The van der Waals surface area contributed by atoms with Gasteiger partial charge in [-0.25, -0.2) is 4.79 Å². The molecule has 1 N–H and O–H groups in total. The Kier molecular flexibility index (Phi) is 6.32. The first-order chi connectivity index (χ1) is 12.5. The Hall–Kier alpha value is -2.33. The number of esters is 2. The molecular weight excluding hydrogens is 411 g/mol. The minimum absolute atomic E-state index is 0.0594. The van der Waals surface area contributed by atoms with E-state index in [1.54, 1.807) is 0 Å². The number of fused-ring (bicyclic) bond motifs is 1. The summed E-state index contributed by atoms with van der Waals surface area (Å²) in [5.74, 6) is -2.39.